The molecule has 9 heteroatoms. The summed E-state index contributed by atoms with van der Waals surface area (Å²) < 4.78 is 24.2. The van der Waals surface area contributed by atoms with Crippen LogP contribution in [-0.2, 0) is 27.2 Å². The molecule has 2 aromatic carbocycles. The van der Waals surface area contributed by atoms with Gasteiger partial charge in [0, 0.05) is 11.2 Å². The van der Waals surface area contributed by atoms with Gasteiger partial charge in [-0.3, -0.25) is 0 Å². The number of rotatable bonds is 12. The maximum absolute atomic E-state index is 11.1. The number of hydrogen-bond acceptors (Lipinski definition) is 9. The SMILES string of the molecule is CC(C)(C)Cc1ccc(NC(C)(C)COC2C(CO)OC(Oc3ccc(COC(C)(C)C)cc3NC(C)(C)C)C(O)C2O)cc1. The van der Waals surface area contributed by atoms with Gasteiger partial charge < -0.3 is 44.9 Å². The molecule has 0 radical (unpaired) electrons. The molecule has 0 spiro atoms. The molecule has 0 amide bonds. The van der Waals surface area contributed by atoms with Gasteiger partial charge in [-0.1, -0.05) is 39.0 Å². The van der Waals surface area contributed by atoms with Crippen LogP contribution in [0.15, 0.2) is 42.5 Å². The van der Waals surface area contributed by atoms with Crippen molar-refractivity contribution in [2.24, 2.45) is 5.41 Å². The normalized spacial score (nSPS) is 23.1. The van der Waals surface area contributed by atoms with Crippen LogP contribution in [0.25, 0.3) is 0 Å². The molecule has 3 rings (SSSR count). The van der Waals surface area contributed by atoms with Crippen molar-refractivity contribution in [3.63, 3.8) is 0 Å². The standard InChI is InChI=1S/C36H58N2O7/c1-33(2,3)19-23-12-15-25(16-13-23)37-36(10,11)22-42-31-28(20-39)45-32(30(41)29(31)40)44-27-17-14-24(21-43-35(7,8)9)18-26(27)38-34(4,5)6/h12-18,28-32,37-41H,19-22H2,1-11H3. The van der Waals surface area contributed by atoms with Crippen molar-refractivity contribution in [2.75, 3.05) is 23.8 Å². The second-order valence-electron chi connectivity index (χ2n) is 16.1. The molecule has 0 aliphatic carbocycles. The van der Waals surface area contributed by atoms with Crippen molar-refractivity contribution in [1.29, 1.82) is 0 Å². The van der Waals surface area contributed by atoms with Gasteiger partial charge in [0.15, 0.2) is 0 Å². The summed E-state index contributed by atoms with van der Waals surface area (Å²) in [4.78, 5) is 0. The summed E-state index contributed by atoms with van der Waals surface area (Å²) in [6, 6.07) is 14.0. The molecule has 45 heavy (non-hydrogen) atoms. The lowest BCUT2D eigenvalue weighted by atomic mass is 9.88. The predicted octanol–water partition coefficient (Wildman–Crippen LogP) is 5.89. The Labute approximate surface area is 270 Å². The largest absolute Gasteiger partial charge is 0.460 e. The van der Waals surface area contributed by atoms with Crippen molar-refractivity contribution in [2.45, 2.75) is 137 Å². The summed E-state index contributed by atoms with van der Waals surface area (Å²) in [7, 11) is 0. The fraction of sp³-hybridized carbons (Fsp3) is 0.667. The van der Waals surface area contributed by atoms with E-state index in [9.17, 15) is 15.3 Å². The molecule has 1 saturated heterocycles. The first kappa shape index (κ1) is 37.1. The quantitative estimate of drug-likeness (QED) is 0.195. The zero-order chi connectivity index (χ0) is 33.8. The molecule has 1 fully saturated rings. The van der Waals surface area contributed by atoms with Crippen LogP contribution in [0.4, 0.5) is 11.4 Å². The molecule has 254 valence electrons. The van der Waals surface area contributed by atoms with Crippen molar-refractivity contribution in [3.8, 4) is 5.75 Å². The van der Waals surface area contributed by atoms with E-state index in [-0.39, 0.29) is 23.2 Å². The molecule has 5 unspecified atom stereocenters. The molecule has 5 atom stereocenters. The van der Waals surface area contributed by atoms with E-state index in [1.165, 1.54) is 5.56 Å². The molecular formula is C36H58N2O7. The third-order valence-corrected chi connectivity index (χ3v) is 7.10. The van der Waals surface area contributed by atoms with Crippen LogP contribution in [0.2, 0.25) is 0 Å². The van der Waals surface area contributed by atoms with E-state index in [0.717, 1.165) is 17.7 Å². The zero-order valence-corrected chi connectivity index (χ0v) is 29.2. The Kier molecular flexibility index (Phi) is 12.0. The molecule has 1 aliphatic rings. The van der Waals surface area contributed by atoms with E-state index < -0.39 is 42.9 Å². The van der Waals surface area contributed by atoms with E-state index in [4.69, 9.17) is 18.9 Å². The summed E-state index contributed by atoms with van der Waals surface area (Å²) in [6.07, 6.45) is -4.90. The Morgan fingerprint density at radius 3 is 1.98 bits per heavy atom. The lowest BCUT2D eigenvalue weighted by Crippen LogP contribution is -2.61. The summed E-state index contributed by atoms with van der Waals surface area (Å²) in [6.45, 7) is 22.9. The smallest absolute Gasteiger partial charge is 0.229 e. The highest BCUT2D eigenvalue weighted by molar-refractivity contribution is 5.59. The molecule has 1 heterocycles. The number of benzene rings is 2. The Bertz CT molecular complexity index is 1210. The van der Waals surface area contributed by atoms with Crippen molar-refractivity contribution < 1.29 is 34.3 Å². The fourth-order valence-corrected chi connectivity index (χ4v) is 5.10. The summed E-state index contributed by atoms with van der Waals surface area (Å²) in [5, 5.41) is 39.4. The summed E-state index contributed by atoms with van der Waals surface area (Å²) in [5.74, 6) is 0.440. The van der Waals surface area contributed by atoms with E-state index in [2.05, 4.69) is 55.7 Å². The molecule has 5 N–H and O–H groups in total. The molecule has 1 aliphatic heterocycles. The Morgan fingerprint density at radius 2 is 1.42 bits per heavy atom. The van der Waals surface area contributed by atoms with Gasteiger partial charge in [-0.05, 0) is 103 Å². The second kappa shape index (κ2) is 14.6. The minimum Gasteiger partial charge on any atom is -0.460 e. The van der Waals surface area contributed by atoms with Crippen molar-refractivity contribution >= 4 is 11.4 Å². The van der Waals surface area contributed by atoms with Gasteiger partial charge in [-0.15, -0.1) is 0 Å². The minimum atomic E-state index is -1.42. The van der Waals surface area contributed by atoms with Gasteiger partial charge in [0.1, 0.15) is 30.2 Å². The van der Waals surface area contributed by atoms with Gasteiger partial charge >= 0.3 is 0 Å². The number of nitrogens with one attached hydrogen (secondary N) is 2. The Morgan fingerprint density at radius 1 is 0.800 bits per heavy atom. The highest BCUT2D eigenvalue weighted by Gasteiger charge is 2.47. The fourth-order valence-electron chi connectivity index (χ4n) is 5.10. The molecule has 0 aromatic heterocycles. The first-order chi connectivity index (χ1) is 20.6. The number of anilines is 2. The zero-order valence-electron chi connectivity index (χ0n) is 29.2. The van der Waals surface area contributed by atoms with Crippen LogP contribution in [-0.4, -0.2) is 75.9 Å². The topological polar surface area (TPSA) is 122 Å². The number of ether oxygens (including phenoxy) is 4. The van der Waals surface area contributed by atoms with E-state index in [1.54, 1.807) is 6.07 Å². The maximum Gasteiger partial charge on any atom is 0.229 e. The molecular weight excluding hydrogens is 572 g/mol. The Balaban J connectivity index is 1.68. The number of aliphatic hydroxyl groups is 3. The van der Waals surface area contributed by atoms with E-state index in [1.807, 2.05) is 67.5 Å². The van der Waals surface area contributed by atoms with Crippen LogP contribution >= 0.6 is 0 Å². The molecule has 0 bridgehead atoms. The average Bonchev–Trinajstić information content (AvgIpc) is 2.89. The van der Waals surface area contributed by atoms with Crippen molar-refractivity contribution in [3.05, 3.63) is 53.6 Å². The highest BCUT2D eigenvalue weighted by atomic mass is 16.7. The van der Waals surface area contributed by atoms with Gasteiger partial charge in [-0.25, -0.2) is 0 Å². The highest BCUT2D eigenvalue weighted by Crippen LogP contribution is 2.34. The first-order valence-electron chi connectivity index (χ1n) is 16.0. The molecule has 0 saturated carbocycles. The number of hydrogen-bond donors (Lipinski definition) is 5. The number of aliphatic hydroxyl groups excluding tert-OH is 3. The minimum absolute atomic E-state index is 0.189. The average molecular weight is 631 g/mol. The van der Waals surface area contributed by atoms with Gasteiger partial charge in [0.05, 0.1) is 36.6 Å². The summed E-state index contributed by atoms with van der Waals surface area (Å²) >= 11 is 0. The molecule has 9 nitrogen and oxygen atoms in total. The van der Waals surface area contributed by atoms with Crippen molar-refractivity contribution in [1.82, 2.24) is 0 Å². The van der Waals surface area contributed by atoms with E-state index >= 15 is 0 Å². The van der Waals surface area contributed by atoms with Crippen LogP contribution in [0.5, 0.6) is 5.75 Å². The molecule has 2 aromatic rings. The third kappa shape index (κ3) is 12.0. The second-order valence-corrected chi connectivity index (χ2v) is 16.1. The van der Waals surface area contributed by atoms with Crippen LogP contribution in [0.1, 0.15) is 87.3 Å². The third-order valence-electron chi connectivity index (χ3n) is 7.10. The van der Waals surface area contributed by atoms with Crippen LogP contribution in [0.3, 0.4) is 0 Å². The maximum atomic E-state index is 11.1. The van der Waals surface area contributed by atoms with Crippen LogP contribution < -0.4 is 15.4 Å². The van der Waals surface area contributed by atoms with Gasteiger partial charge in [0.2, 0.25) is 6.29 Å². The lowest BCUT2D eigenvalue weighted by Gasteiger charge is -2.43. The predicted molar refractivity (Wildman–Crippen MR) is 180 cm³/mol. The summed E-state index contributed by atoms with van der Waals surface area (Å²) in [5.41, 5.74) is 2.99. The Hall–Kier alpha value is -2.40. The lowest BCUT2D eigenvalue weighted by molar-refractivity contribution is -0.286. The van der Waals surface area contributed by atoms with Gasteiger partial charge in [-0.2, -0.15) is 0 Å². The van der Waals surface area contributed by atoms with Gasteiger partial charge in [0.25, 0.3) is 0 Å². The first-order valence-corrected chi connectivity index (χ1v) is 16.0. The van der Waals surface area contributed by atoms with E-state index in [0.29, 0.717) is 18.0 Å². The van der Waals surface area contributed by atoms with Crippen LogP contribution in [0, 0.1) is 5.41 Å². The monoisotopic (exact) mass is 630 g/mol.